The molecule has 0 bridgehead atoms. The lowest BCUT2D eigenvalue weighted by atomic mass is 10.3. The summed E-state index contributed by atoms with van der Waals surface area (Å²) in [4.78, 5) is 4.54. The Morgan fingerprint density at radius 3 is 3.00 bits per heavy atom. The van der Waals surface area contributed by atoms with Gasteiger partial charge in [0.15, 0.2) is 0 Å². The van der Waals surface area contributed by atoms with Crippen LogP contribution in [-0.2, 0) is 6.54 Å². The number of hydrogen-bond acceptors (Lipinski definition) is 3. The van der Waals surface area contributed by atoms with Crippen molar-refractivity contribution in [2.45, 2.75) is 6.54 Å². The SMILES string of the molecule is COc1cccc(NCc2cn3ccccc3n2)c1. The Bertz CT molecular complexity index is 657. The lowest BCUT2D eigenvalue weighted by Gasteiger charge is -2.06. The number of nitrogens with one attached hydrogen (secondary N) is 1. The van der Waals surface area contributed by atoms with Gasteiger partial charge in [-0.15, -0.1) is 0 Å². The summed E-state index contributed by atoms with van der Waals surface area (Å²) in [5, 5.41) is 3.34. The second-order valence-corrected chi connectivity index (χ2v) is 4.28. The van der Waals surface area contributed by atoms with Crippen LogP contribution in [0, 0.1) is 0 Å². The van der Waals surface area contributed by atoms with Crippen LogP contribution in [0.4, 0.5) is 5.69 Å². The fraction of sp³-hybridized carbons (Fsp3) is 0.133. The number of pyridine rings is 1. The first kappa shape index (κ1) is 11.6. The highest BCUT2D eigenvalue weighted by Gasteiger charge is 2.01. The van der Waals surface area contributed by atoms with Gasteiger partial charge in [-0.25, -0.2) is 4.98 Å². The van der Waals surface area contributed by atoms with E-state index in [4.69, 9.17) is 4.74 Å². The van der Waals surface area contributed by atoms with Crippen molar-refractivity contribution in [3.63, 3.8) is 0 Å². The van der Waals surface area contributed by atoms with E-state index in [0.717, 1.165) is 22.8 Å². The summed E-state index contributed by atoms with van der Waals surface area (Å²) in [5.74, 6) is 0.847. The summed E-state index contributed by atoms with van der Waals surface area (Å²) >= 11 is 0. The van der Waals surface area contributed by atoms with Gasteiger partial charge < -0.3 is 14.5 Å². The molecular weight excluding hydrogens is 238 g/mol. The molecule has 0 saturated heterocycles. The fourth-order valence-electron chi connectivity index (χ4n) is 2.00. The van der Waals surface area contributed by atoms with E-state index >= 15 is 0 Å². The normalized spacial score (nSPS) is 10.6. The van der Waals surface area contributed by atoms with Crippen molar-refractivity contribution < 1.29 is 4.74 Å². The van der Waals surface area contributed by atoms with E-state index in [1.54, 1.807) is 7.11 Å². The molecule has 0 aliphatic heterocycles. The Balaban J connectivity index is 1.74. The van der Waals surface area contributed by atoms with Gasteiger partial charge in [-0.3, -0.25) is 0 Å². The van der Waals surface area contributed by atoms with Crippen LogP contribution >= 0.6 is 0 Å². The molecule has 0 radical (unpaired) electrons. The summed E-state index contributed by atoms with van der Waals surface area (Å²) in [6.45, 7) is 0.689. The second kappa shape index (κ2) is 5.02. The number of hydrogen-bond donors (Lipinski definition) is 1. The molecule has 2 heterocycles. The van der Waals surface area contributed by atoms with Crippen molar-refractivity contribution in [3.05, 3.63) is 60.6 Å². The minimum atomic E-state index is 0.689. The molecule has 4 nitrogen and oxygen atoms in total. The van der Waals surface area contributed by atoms with Crippen LogP contribution in [0.25, 0.3) is 5.65 Å². The van der Waals surface area contributed by atoms with Crippen LogP contribution in [0.3, 0.4) is 0 Å². The van der Waals surface area contributed by atoms with Crippen molar-refractivity contribution in [2.75, 3.05) is 12.4 Å². The molecular formula is C15H15N3O. The number of rotatable bonds is 4. The van der Waals surface area contributed by atoms with E-state index in [1.165, 1.54) is 0 Å². The molecule has 19 heavy (non-hydrogen) atoms. The number of methoxy groups -OCH3 is 1. The molecule has 0 aliphatic rings. The van der Waals surface area contributed by atoms with Gasteiger partial charge in [0.2, 0.25) is 0 Å². The zero-order valence-electron chi connectivity index (χ0n) is 10.7. The van der Waals surface area contributed by atoms with Gasteiger partial charge in [0.05, 0.1) is 19.3 Å². The van der Waals surface area contributed by atoms with E-state index in [1.807, 2.05) is 59.3 Å². The molecule has 0 aliphatic carbocycles. The Morgan fingerprint density at radius 1 is 1.21 bits per heavy atom. The Morgan fingerprint density at radius 2 is 2.16 bits per heavy atom. The quantitative estimate of drug-likeness (QED) is 0.777. The summed E-state index contributed by atoms with van der Waals surface area (Å²) < 4.78 is 7.21. The van der Waals surface area contributed by atoms with Gasteiger partial charge in [-0.05, 0) is 24.3 Å². The second-order valence-electron chi connectivity index (χ2n) is 4.28. The summed E-state index contributed by atoms with van der Waals surface area (Å²) in [6, 6.07) is 13.8. The largest absolute Gasteiger partial charge is 0.497 e. The number of fused-ring (bicyclic) bond motifs is 1. The summed E-state index contributed by atoms with van der Waals surface area (Å²) in [5.41, 5.74) is 3.00. The molecule has 0 atom stereocenters. The standard InChI is InChI=1S/C15H15N3O/c1-19-14-6-4-5-12(9-14)16-10-13-11-18-8-3-2-7-15(18)17-13/h2-9,11,16H,10H2,1H3. The number of benzene rings is 1. The molecule has 0 unspecified atom stereocenters. The zero-order chi connectivity index (χ0) is 13.1. The Hall–Kier alpha value is -2.49. The fourth-order valence-corrected chi connectivity index (χ4v) is 2.00. The van der Waals surface area contributed by atoms with Crippen molar-refractivity contribution in [1.29, 1.82) is 0 Å². The minimum Gasteiger partial charge on any atom is -0.497 e. The molecule has 2 aromatic heterocycles. The minimum absolute atomic E-state index is 0.689. The smallest absolute Gasteiger partial charge is 0.137 e. The predicted octanol–water partition coefficient (Wildman–Crippen LogP) is 2.96. The molecule has 0 spiro atoms. The van der Waals surface area contributed by atoms with Gasteiger partial charge in [0, 0.05) is 24.1 Å². The number of anilines is 1. The maximum absolute atomic E-state index is 5.20. The monoisotopic (exact) mass is 253 g/mol. The molecule has 1 N–H and O–H groups in total. The number of nitrogens with zero attached hydrogens (tertiary/aromatic N) is 2. The van der Waals surface area contributed by atoms with Gasteiger partial charge in [0.1, 0.15) is 11.4 Å². The van der Waals surface area contributed by atoms with Gasteiger partial charge >= 0.3 is 0 Å². The number of aromatic nitrogens is 2. The third-order valence-corrected chi connectivity index (χ3v) is 2.96. The average Bonchev–Trinajstić information content (AvgIpc) is 2.88. The van der Waals surface area contributed by atoms with Gasteiger partial charge in [0.25, 0.3) is 0 Å². The third-order valence-electron chi connectivity index (χ3n) is 2.96. The van der Waals surface area contributed by atoms with E-state index in [2.05, 4.69) is 10.3 Å². The third kappa shape index (κ3) is 2.52. The average molecular weight is 253 g/mol. The molecule has 0 fully saturated rings. The lowest BCUT2D eigenvalue weighted by Crippen LogP contribution is -1.99. The molecule has 96 valence electrons. The van der Waals surface area contributed by atoms with Gasteiger partial charge in [-0.1, -0.05) is 12.1 Å². The molecule has 3 rings (SSSR count). The number of ether oxygens (including phenoxy) is 1. The molecule has 0 saturated carbocycles. The Labute approximate surface area is 111 Å². The zero-order valence-corrected chi connectivity index (χ0v) is 10.7. The lowest BCUT2D eigenvalue weighted by molar-refractivity contribution is 0.415. The van der Waals surface area contributed by atoms with Gasteiger partial charge in [-0.2, -0.15) is 0 Å². The van der Waals surface area contributed by atoms with Crippen molar-refractivity contribution >= 4 is 11.3 Å². The summed E-state index contributed by atoms with van der Waals surface area (Å²) in [7, 11) is 1.67. The van der Waals surface area contributed by atoms with E-state index < -0.39 is 0 Å². The molecule has 4 heteroatoms. The molecule has 3 aromatic rings. The van der Waals surface area contributed by atoms with Crippen LogP contribution in [0.15, 0.2) is 54.9 Å². The highest BCUT2D eigenvalue weighted by molar-refractivity contribution is 5.48. The molecule has 0 amide bonds. The van der Waals surface area contributed by atoms with E-state index in [9.17, 15) is 0 Å². The first-order valence-electron chi connectivity index (χ1n) is 6.16. The maximum Gasteiger partial charge on any atom is 0.137 e. The van der Waals surface area contributed by atoms with Crippen molar-refractivity contribution in [1.82, 2.24) is 9.38 Å². The van der Waals surface area contributed by atoms with Crippen molar-refractivity contribution in [3.8, 4) is 5.75 Å². The van der Waals surface area contributed by atoms with Crippen LogP contribution in [0.5, 0.6) is 5.75 Å². The topological polar surface area (TPSA) is 38.6 Å². The van der Waals surface area contributed by atoms with Crippen LogP contribution < -0.4 is 10.1 Å². The van der Waals surface area contributed by atoms with Crippen LogP contribution in [0.2, 0.25) is 0 Å². The predicted molar refractivity (Wildman–Crippen MR) is 75.5 cm³/mol. The molecule has 1 aromatic carbocycles. The first-order chi connectivity index (χ1) is 9.35. The van der Waals surface area contributed by atoms with E-state index in [0.29, 0.717) is 6.54 Å². The van der Waals surface area contributed by atoms with E-state index in [-0.39, 0.29) is 0 Å². The highest BCUT2D eigenvalue weighted by atomic mass is 16.5. The van der Waals surface area contributed by atoms with Crippen molar-refractivity contribution in [2.24, 2.45) is 0 Å². The van der Waals surface area contributed by atoms with Crippen LogP contribution in [0.1, 0.15) is 5.69 Å². The Kier molecular flexibility index (Phi) is 3.06. The maximum atomic E-state index is 5.20. The highest BCUT2D eigenvalue weighted by Crippen LogP contribution is 2.17. The summed E-state index contributed by atoms with van der Waals surface area (Å²) in [6.07, 6.45) is 4.03. The number of imidazole rings is 1. The van der Waals surface area contributed by atoms with Crippen LogP contribution in [-0.4, -0.2) is 16.5 Å². The first-order valence-corrected chi connectivity index (χ1v) is 6.16.